The highest BCUT2D eigenvalue weighted by atomic mass is 35.5. The Labute approximate surface area is 173 Å². The predicted molar refractivity (Wildman–Crippen MR) is 112 cm³/mol. The normalized spacial score (nSPS) is 11.1. The van der Waals surface area contributed by atoms with Crippen molar-refractivity contribution in [1.82, 2.24) is 14.3 Å². The first-order valence-electron chi connectivity index (χ1n) is 9.05. The molecule has 0 radical (unpaired) electrons. The van der Waals surface area contributed by atoms with Crippen molar-refractivity contribution >= 4 is 33.8 Å². The molecule has 150 valence electrons. The number of aromatic nitrogens is 2. The molecule has 0 spiro atoms. The summed E-state index contributed by atoms with van der Waals surface area (Å²) in [6.45, 7) is 6.99. The summed E-state index contributed by atoms with van der Waals surface area (Å²) >= 11 is 7.99. The average molecular weight is 422 g/mol. The van der Waals surface area contributed by atoms with Crippen LogP contribution in [0.4, 0.5) is 0 Å². The lowest BCUT2D eigenvalue weighted by Gasteiger charge is -2.19. The number of carbonyl (C=O) groups excluding carboxylic acids is 1. The number of methoxy groups -OCH3 is 1. The fourth-order valence-corrected chi connectivity index (χ4v) is 4.16. The maximum absolute atomic E-state index is 13.0. The van der Waals surface area contributed by atoms with E-state index in [4.69, 9.17) is 21.1 Å². The molecule has 0 fully saturated rings. The van der Waals surface area contributed by atoms with Crippen LogP contribution in [-0.2, 0) is 6.54 Å². The number of halogens is 1. The number of imidazole rings is 1. The molecular weight excluding hydrogens is 398 g/mol. The Bertz CT molecular complexity index is 1010. The second-order valence-electron chi connectivity index (χ2n) is 6.64. The summed E-state index contributed by atoms with van der Waals surface area (Å²) in [7, 11) is 3.30. The molecule has 0 aliphatic rings. The van der Waals surface area contributed by atoms with Crippen LogP contribution < -0.4 is 9.47 Å². The maximum Gasteiger partial charge on any atom is 0.254 e. The van der Waals surface area contributed by atoms with E-state index in [1.165, 1.54) is 12.0 Å². The molecule has 1 aromatic carbocycles. The monoisotopic (exact) mass is 421 g/mol. The second-order valence-corrected chi connectivity index (χ2v) is 8.26. The number of hydrogen-bond acceptors (Lipinski definition) is 5. The molecule has 0 atom stereocenters. The Balaban J connectivity index is 1.86. The topological polar surface area (TPSA) is 56.1 Å². The summed E-state index contributed by atoms with van der Waals surface area (Å²) in [4.78, 5) is 21.4. The van der Waals surface area contributed by atoms with Crippen molar-refractivity contribution in [1.29, 1.82) is 0 Å². The summed E-state index contributed by atoms with van der Waals surface area (Å²) in [5, 5.41) is 0.362. The zero-order valence-electron chi connectivity index (χ0n) is 16.7. The van der Waals surface area contributed by atoms with Crippen molar-refractivity contribution in [2.75, 3.05) is 20.8 Å². The molecule has 28 heavy (non-hydrogen) atoms. The van der Waals surface area contributed by atoms with Gasteiger partial charge < -0.3 is 14.4 Å². The average Bonchev–Trinajstić information content (AvgIpc) is 3.15. The van der Waals surface area contributed by atoms with Gasteiger partial charge in [0.15, 0.2) is 16.5 Å². The van der Waals surface area contributed by atoms with Crippen molar-refractivity contribution in [2.45, 2.75) is 33.7 Å². The molecule has 0 N–H and O–H groups in total. The number of aryl methyl sites for hydroxylation is 2. The van der Waals surface area contributed by atoms with Gasteiger partial charge in [-0.3, -0.25) is 9.20 Å². The van der Waals surface area contributed by atoms with Gasteiger partial charge in [-0.2, -0.15) is 0 Å². The van der Waals surface area contributed by atoms with Gasteiger partial charge in [0, 0.05) is 23.7 Å². The highest BCUT2D eigenvalue weighted by Gasteiger charge is 2.21. The van der Waals surface area contributed by atoms with Crippen LogP contribution in [0.3, 0.4) is 0 Å². The van der Waals surface area contributed by atoms with Crippen molar-refractivity contribution < 1.29 is 14.3 Å². The number of fused-ring (bicyclic) bond motifs is 1. The zero-order valence-corrected chi connectivity index (χ0v) is 18.3. The number of hydrogen-bond donors (Lipinski definition) is 0. The Hall–Kier alpha value is -2.25. The van der Waals surface area contributed by atoms with E-state index in [1.54, 1.807) is 35.4 Å². The van der Waals surface area contributed by atoms with Crippen molar-refractivity contribution in [3.8, 4) is 11.5 Å². The minimum atomic E-state index is -0.149. The van der Waals surface area contributed by atoms with Crippen LogP contribution in [0.15, 0.2) is 18.3 Å². The number of thiazole rings is 1. The highest BCUT2D eigenvalue weighted by Crippen LogP contribution is 2.37. The smallest absolute Gasteiger partial charge is 0.254 e. The number of benzene rings is 1. The summed E-state index contributed by atoms with van der Waals surface area (Å²) in [6, 6.07) is 3.30. The molecule has 0 saturated carbocycles. The van der Waals surface area contributed by atoms with Crippen LogP contribution in [0.25, 0.3) is 4.96 Å². The Morgan fingerprint density at radius 2 is 2.11 bits per heavy atom. The van der Waals surface area contributed by atoms with Crippen molar-refractivity contribution in [3.63, 3.8) is 0 Å². The minimum absolute atomic E-state index is 0.149. The lowest BCUT2D eigenvalue weighted by Crippen LogP contribution is -2.27. The molecule has 0 bridgehead atoms. The van der Waals surface area contributed by atoms with Crippen LogP contribution in [0, 0.1) is 13.8 Å². The third-order valence-electron chi connectivity index (χ3n) is 4.40. The van der Waals surface area contributed by atoms with E-state index in [2.05, 4.69) is 4.98 Å². The lowest BCUT2D eigenvalue weighted by atomic mass is 10.1. The van der Waals surface area contributed by atoms with E-state index in [9.17, 15) is 4.79 Å². The van der Waals surface area contributed by atoms with Crippen LogP contribution in [0.1, 0.15) is 40.0 Å². The third-order valence-corrected chi connectivity index (χ3v) is 5.58. The molecule has 0 aliphatic heterocycles. The van der Waals surface area contributed by atoms with Gasteiger partial charge in [0.2, 0.25) is 0 Å². The van der Waals surface area contributed by atoms with Gasteiger partial charge in [0.25, 0.3) is 5.91 Å². The van der Waals surface area contributed by atoms with Gasteiger partial charge in [-0.05, 0) is 32.4 Å². The molecule has 2 aromatic heterocycles. The van der Waals surface area contributed by atoms with Gasteiger partial charge in [-0.25, -0.2) is 4.98 Å². The van der Waals surface area contributed by atoms with E-state index in [0.717, 1.165) is 22.8 Å². The second kappa shape index (κ2) is 8.41. The van der Waals surface area contributed by atoms with Gasteiger partial charge in [-0.15, -0.1) is 11.3 Å². The first-order valence-corrected chi connectivity index (χ1v) is 10.2. The van der Waals surface area contributed by atoms with Crippen molar-refractivity contribution in [2.24, 2.45) is 0 Å². The number of amides is 1. The van der Waals surface area contributed by atoms with E-state index in [0.29, 0.717) is 35.2 Å². The largest absolute Gasteiger partial charge is 0.493 e. The molecule has 2 heterocycles. The Morgan fingerprint density at radius 1 is 1.36 bits per heavy atom. The number of ether oxygens (including phenoxy) is 2. The van der Waals surface area contributed by atoms with E-state index in [1.807, 2.05) is 31.4 Å². The van der Waals surface area contributed by atoms with Crippen molar-refractivity contribution in [3.05, 3.63) is 45.2 Å². The van der Waals surface area contributed by atoms with Crippen LogP contribution >= 0.6 is 22.9 Å². The molecule has 6 nitrogen and oxygen atoms in total. The maximum atomic E-state index is 13.0. The molecule has 3 aromatic rings. The summed E-state index contributed by atoms with van der Waals surface area (Å²) in [5.74, 6) is 0.768. The van der Waals surface area contributed by atoms with Gasteiger partial charge in [-0.1, -0.05) is 18.5 Å². The van der Waals surface area contributed by atoms with Crippen LogP contribution in [-0.4, -0.2) is 41.0 Å². The summed E-state index contributed by atoms with van der Waals surface area (Å²) in [5.41, 5.74) is 2.37. The molecule has 0 aliphatic carbocycles. The van der Waals surface area contributed by atoms with E-state index < -0.39 is 0 Å². The van der Waals surface area contributed by atoms with Gasteiger partial charge in [0.05, 0.1) is 36.7 Å². The quantitative estimate of drug-likeness (QED) is 0.553. The molecule has 3 rings (SSSR count). The number of nitrogens with zero attached hydrogens (tertiary/aromatic N) is 3. The molecular formula is C20H24ClN3O3S. The van der Waals surface area contributed by atoms with Gasteiger partial charge >= 0.3 is 0 Å². The number of carbonyl (C=O) groups is 1. The summed E-state index contributed by atoms with van der Waals surface area (Å²) in [6.07, 6.45) is 2.90. The van der Waals surface area contributed by atoms with Gasteiger partial charge in [0.1, 0.15) is 0 Å². The first kappa shape index (κ1) is 20.5. The SMILES string of the molecule is CCCOc1c(Cl)cc(C(=O)N(C)Cc2c(C)nc3sc(C)cn23)cc1OC. The van der Waals surface area contributed by atoms with E-state index in [-0.39, 0.29) is 5.91 Å². The molecule has 0 unspecified atom stereocenters. The van der Waals surface area contributed by atoms with E-state index >= 15 is 0 Å². The minimum Gasteiger partial charge on any atom is -0.493 e. The molecule has 8 heteroatoms. The highest BCUT2D eigenvalue weighted by molar-refractivity contribution is 7.17. The molecule has 0 saturated heterocycles. The van der Waals surface area contributed by atoms with Crippen LogP contribution in [0.2, 0.25) is 5.02 Å². The summed E-state index contributed by atoms with van der Waals surface area (Å²) < 4.78 is 13.1. The predicted octanol–water partition coefficient (Wildman–Crippen LogP) is 4.74. The Morgan fingerprint density at radius 3 is 2.79 bits per heavy atom. The fraction of sp³-hybridized carbons (Fsp3) is 0.400. The standard InChI is InChI=1S/C20H24ClN3O3S/c1-6-7-27-18-15(21)8-14(9-17(18)26-5)19(25)23(4)11-16-13(3)22-20-24(16)10-12(2)28-20/h8-10H,6-7,11H2,1-5H3. The fourth-order valence-electron chi connectivity index (χ4n) is 3.00. The lowest BCUT2D eigenvalue weighted by molar-refractivity contribution is 0.0782. The Kier molecular flexibility index (Phi) is 6.15. The third kappa shape index (κ3) is 3.95. The molecule has 1 amide bonds. The van der Waals surface area contributed by atoms with Crippen LogP contribution in [0.5, 0.6) is 11.5 Å². The zero-order chi connectivity index (χ0) is 20.4. The number of rotatable bonds is 7. The first-order chi connectivity index (χ1) is 13.3.